The van der Waals surface area contributed by atoms with E-state index in [0.717, 1.165) is 16.7 Å². The van der Waals surface area contributed by atoms with E-state index in [1.54, 1.807) is 12.1 Å². The van der Waals surface area contributed by atoms with Crippen molar-refractivity contribution in [1.29, 1.82) is 0 Å². The highest BCUT2D eigenvalue weighted by atomic mass is 35.5. The van der Waals surface area contributed by atoms with Crippen molar-refractivity contribution in [1.82, 2.24) is 0 Å². The molecule has 0 aliphatic heterocycles. The summed E-state index contributed by atoms with van der Waals surface area (Å²) in [5.41, 5.74) is 8.66. The monoisotopic (exact) mass is 309 g/mol. The maximum absolute atomic E-state index is 10.6. The Balaban J connectivity index is 2.36. The van der Waals surface area contributed by atoms with Crippen molar-refractivity contribution in [2.24, 2.45) is 5.73 Å². The summed E-state index contributed by atoms with van der Waals surface area (Å²) in [5, 5.41) is 11.6. The molecule has 0 aromatic heterocycles. The third kappa shape index (κ3) is 3.15. The van der Waals surface area contributed by atoms with Crippen LogP contribution in [0.2, 0.25) is 10.0 Å². The van der Waals surface area contributed by atoms with Gasteiger partial charge >= 0.3 is 0 Å². The van der Waals surface area contributed by atoms with Gasteiger partial charge in [-0.2, -0.15) is 0 Å². The topological polar surface area (TPSA) is 46.2 Å². The predicted molar refractivity (Wildman–Crippen MR) is 84.4 cm³/mol. The average molecular weight is 310 g/mol. The minimum atomic E-state index is -0.668. The highest BCUT2D eigenvalue weighted by Gasteiger charge is 2.23. The zero-order chi connectivity index (χ0) is 14.7. The number of aliphatic hydroxyl groups excluding tert-OH is 1. The molecule has 20 heavy (non-hydrogen) atoms. The number of benzene rings is 2. The number of halogens is 2. The molecule has 0 bridgehead atoms. The van der Waals surface area contributed by atoms with Crippen LogP contribution in [-0.4, -0.2) is 11.7 Å². The Bertz CT molecular complexity index is 601. The molecule has 4 heteroatoms. The van der Waals surface area contributed by atoms with E-state index in [-0.39, 0.29) is 5.92 Å². The lowest BCUT2D eigenvalue weighted by molar-refractivity contribution is 0.147. The lowest BCUT2D eigenvalue weighted by Crippen LogP contribution is -2.20. The van der Waals surface area contributed by atoms with Crippen LogP contribution in [0.1, 0.15) is 28.7 Å². The summed E-state index contributed by atoms with van der Waals surface area (Å²) in [6.07, 6.45) is -0.668. The van der Waals surface area contributed by atoms with Crippen LogP contribution in [0.15, 0.2) is 42.5 Å². The molecule has 106 valence electrons. The van der Waals surface area contributed by atoms with Gasteiger partial charge in [-0.15, -0.1) is 0 Å². The molecule has 0 saturated carbocycles. The zero-order valence-corrected chi connectivity index (χ0v) is 12.7. The van der Waals surface area contributed by atoms with Crippen LogP contribution in [-0.2, 0) is 0 Å². The maximum Gasteiger partial charge on any atom is 0.0873 e. The molecular weight excluding hydrogens is 293 g/mol. The summed E-state index contributed by atoms with van der Waals surface area (Å²) in [6.45, 7) is 2.30. The largest absolute Gasteiger partial charge is 0.388 e. The fourth-order valence-corrected chi connectivity index (χ4v) is 2.63. The van der Waals surface area contributed by atoms with Crippen LogP contribution >= 0.6 is 23.2 Å². The van der Waals surface area contributed by atoms with Crippen molar-refractivity contribution in [2.45, 2.75) is 18.9 Å². The van der Waals surface area contributed by atoms with Crippen LogP contribution in [0.3, 0.4) is 0 Å². The summed E-state index contributed by atoms with van der Waals surface area (Å²) < 4.78 is 0. The first-order valence-corrected chi connectivity index (χ1v) is 7.18. The molecular formula is C16H17Cl2NO. The SMILES string of the molecule is Cc1ccccc1C(O)C(CN)c1ccc(Cl)c(Cl)c1. The molecule has 2 unspecified atom stereocenters. The number of hydrogen-bond donors (Lipinski definition) is 2. The lowest BCUT2D eigenvalue weighted by Gasteiger charge is -2.24. The van der Waals surface area contributed by atoms with Crippen molar-refractivity contribution in [2.75, 3.05) is 6.54 Å². The number of aliphatic hydroxyl groups is 1. The van der Waals surface area contributed by atoms with Crippen molar-refractivity contribution >= 4 is 23.2 Å². The molecule has 2 nitrogen and oxygen atoms in total. The van der Waals surface area contributed by atoms with Gasteiger partial charge in [0.1, 0.15) is 0 Å². The van der Waals surface area contributed by atoms with Gasteiger partial charge in [0.25, 0.3) is 0 Å². The fourth-order valence-electron chi connectivity index (χ4n) is 2.33. The summed E-state index contributed by atoms with van der Waals surface area (Å²) in [5.74, 6) is -0.217. The minimum absolute atomic E-state index is 0.217. The summed E-state index contributed by atoms with van der Waals surface area (Å²) in [4.78, 5) is 0. The van der Waals surface area contributed by atoms with Gasteiger partial charge in [-0.05, 0) is 35.7 Å². The van der Waals surface area contributed by atoms with Gasteiger partial charge in [0, 0.05) is 12.5 Å². The molecule has 0 heterocycles. The third-order valence-electron chi connectivity index (χ3n) is 3.51. The highest BCUT2D eigenvalue weighted by Crippen LogP contribution is 2.34. The molecule has 0 radical (unpaired) electrons. The molecule has 2 atom stereocenters. The van der Waals surface area contributed by atoms with Crippen LogP contribution < -0.4 is 5.73 Å². The van der Waals surface area contributed by atoms with Gasteiger partial charge in [0.2, 0.25) is 0 Å². The van der Waals surface area contributed by atoms with E-state index in [1.165, 1.54) is 0 Å². The van der Waals surface area contributed by atoms with E-state index >= 15 is 0 Å². The van der Waals surface area contributed by atoms with Crippen LogP contribution in [0.5, 0.6) is 0 Å². The molecule has 0 saturated heterocycles. The molecule has 2 aromatic rings. The number of aryl methyl sites for hydroxylation is 1. The Labute approximate surface area is 129 Å². The molecule has 0 fully saturated rings. The molecule has 3 N–H and O–H groups in total. The molecule has 2 rings (SSSR count). The van der Waals surface area contributed by atoms with Gasteiger partial charge in [-0.3, -0.25) is 0 Å². The van der Waals surface area contributed by atoms with Crippen molar-refractivity contribution in [3.8, 4) is 0 Å². The van der Waals surface area contributed by atoms with Gasteiger partial charge in [-0.25, -0.2) is 0 Å². The molecule has 0 spiro atoms. The number of hydrogen-bond acceptors (Lipinski definition) is 2. The zero-order valence-electron chi connectivity index (χ0n) is 11.2. The Morgan fingerprint density at radius 3 is 2.40 bits per heavy atom. The van der Waals surface area contributed by atoms with E-state index < -0.39 is 6.10 Å². The van der Waals surface area contributed by atoms with E-state index in [4.69, 9.17) is 28.9 Å². The third-order valence-corrected chi connectivity index (χ3v) is 4.25. The van der Waals surface area contributed by atoms with Crippen molar-refractivity contribution < 1.29 is 5.11 Å². The number of rotatable bonds is 4. The predicted octanol–water partition coefficient (Wildman–Crippen LogP) is 4.08. The Morgan fingerprint density at radius 2 is 1.80 bits per heavy atom. The smallest absolute Gasteiger partial charge is 0.0873 e. The Morgan fingerprint density at radius 1 is 1.10 bits per heavy atom. The molecule has 0 amide bonds. The maximum atomic E-state index is 10.6. The van der Waals surface area contributed by atoms with Crippen LogP contribution in [0.4, 0.5) is 0 Å². The number of nitrogens with two attached hydrogens (primary N) is 1. The average Bonchev–Trinajstić information content (AvgIpc) is 2.44. The normalized spacial score (nSPS) is 14.1. The summed E-state index contributed by atoms with van der Waals surface area (Å²) >= 11 is 12.0. The molecule has 2 aromatic carbocycles. The van der Waals surface area contributed by atoms with Crippen LogP contribution in [0.25, 0.3) is 0 Å². The second kappa shape index (κ2) is 6.59. The minimum Gasteiger partial charge on any atom is -0.388 e. The quantitative estimate of drug-likeness (QED) is 0.894. The van der Waals surface area contributed by atoms with E-state index in [9.17, 15) is 5.11 Å². The fraction of sp³-hybridized carbons (Fsp3) is 0.250. The van der Waals surface area contributed by atoms with Crippen molar-refractivity contribution in [3.63, 3.8) is 0 Å². The van der Waals surface area contributed by atoms with Gasteiger partial charge in [-0.1, -0.05) is 53.5 Å². The van der Waals surface area contributed by atoms with Crippen LogP contribution in [0, 0.1) is 6.92 Å². The highest BCUT2D eigenvalue weighted by molar-refractivity contribution is 6.42. The van der Waals surface area contributed by atoms with Gasteiger partial charge in [0.05, 0.1) is 16.1 Å². The Kier molecular flexibility index (Phi) is 5.06. The van der Waals surface area contributed by atoms with E-state index in [2.05, 4.69) is 0 Å². The second-order valence-electron chi connectivity index (χ2n) is 4.82. The van der Waals surface area contributed by atoms with Gasteiger partial charge in [0.15, 0.2) is 0 Å². The Hall–Kier alpha value is -1.06. The van der Waals surface area contributed by atoms with E-state index in [0.29, 0.717) is 16.6 Å². The summed E-state index contributed by atoms with van der Waals surface area (Å²) in [6, 6.07) is 13.1. The first-order valence-electron chi connectivity index (χ1n) is 6.43. The molecule has 0 aliphatic carbocycles. The second-order valence-corrected chi connectivity index (χ2v) is 5.63. The van der Waals surface area contributed by atoms with Gasteiger partial charge < -0.3 is 10.8 Å². The first-order chi connectivity index (χ1) is 9.54. The van der Waals surface area contributed by atoms with E-state index in [1.807, 2.05) is 37.3 Å². The van der Waals surface area contributed by atoms with Crippen molar-refractivity contribution in [3.05, 3.63) is 69.2 Å². The molecule has 0 aliphatic rings. The summed E-state index contributed by atoms with van der Waals surface area (Å²) in [7, 11) is 0. The standard InChI is InChI=1S/C16H17Cl2NO/c1-10-4-2-3-5-12(10)16(20)13(9-19)11-6-7-14(17)15(18)8-11/h2-8,13,16,20H,9,19H2,1H3. The first kappa shape index (κ1) is 15.3. The lowest BCUT2D eigenvalue weighted by atomic mass is 9.87.